The molecule has 5 nitrogen and oxygen atoms in total. The SMILES string of the molecule is COCC(O)CCNCC(=O)NC1CCCC1. The first kappa shape index (κ1) is 14.4. The average molecular weight is 244 g/mol. The molecule has 1 fully saturated rings. The fourth-order valence-corrected chi connectivity index (χ4v) is 2.10. The second kappa shape index (κ2) is 8.44. The van der Waals surface area contributed by atoms with Crippen LogP contribution in [0, 0.1) is 0 Å². The van der Waals surface area contributed by atoms with E-state index in [-0.39, 0.29) is 5.91 Å². The van der Waals surface area contributed by atoms with Crippen molar-refractivity contribution in [3.05, 3.63) is 0 Å². The third-order valence-electron chi connectivity index (χ3n) is 3.02. The number of methoxy groups -OCH3 is 1. The van der Waals surface area contributed by atoms with Crippen LogP contribution in [0.2, 0.25) is 0 Å². The Kier molecular flexibility index (Phi) is 7.16. The number of amides is 1. The highest BCUT2D eigenvalue weighted by Crippen LogP contribution is 2.17. The van der Waals surface area contributed by atoms with Crippen molar-refractivity contribution in [1.29, 1.82) is 0 Å². The lowest BCUT2D eigenvalue weighted by Gasteiger charge is -2.13. The molecule has 1 saturated carbocycles. The van der Waals surface area contributed by atoms with Gasteiger partial charge in [-0.05, 0) is 25.8 Å². The summed E-state index contributed by atoms with van der Waals surface area (Å²) in [4.78, 5) is 11.5. The van der Waals surface area contributed by atoms with E-state index in [1.54, 1.807) is 7.11 Å². The fraction of sp³-hybridized carbons (Fsp3) is 0.917. The Bertz CT molecular complexity index is 218. The van der Waals surface area contributed by atoms with Gasteiger partial charge in [-0.25, -0.2) is 0 Å². The zero-order chi connectivity index (χ0) is 12.5. The number of rotatable bonds is 8. The number of hydrogen-bond acceptors (Lipinski definition) is 4. The smallest absolute Gasteiger partial charge is 0.234 e. The number of carbonyl (C=O) groups is 1. The monoisotopic (exact) mass is 244 g/mol. The van der Waals surface area contributed by atoms with Crippen molar-refractivity contribution in [2.24, 2.45) is 0 Å². The van der Waals surface area contributed by atoms with Crippen LogP contribution in [0.5, 0.6) is 0 Å². The Labute approximate surface area is 103 Å². The quantitative estimate of drug-likeness (QED) is 0.527. The standard InChI is InChI=1S/C12H24N2O3/c1-17-9-11(15)6-7-13-8-12(16)14-10-4-2-3-5-10/h10-11,13,15H,2-9H2,1H3,(H,14,16). The van der Waals surface area contributed by atoms with Gasteiger partial charge in [0.2, 0.25) is 5.91 Å². The Morgan fingerprint density at radius 1 is 1.47 bits per heavy atom. The van der Waals surface area contributed by atoms with Crippen molar-refractivity contribution >= 4 is 5.91 Å². The summed E-state index contributed by atoms with van der Waals surface area (Å²) >= 11 is 0. The maximum atomic E-state index is 11.5. The van der Waals surface area contributed by atoms with E-state index in [4.69, 9.17) is 4.74 Å². The molecule has 1 amide bonds. The molecule has 0 saturated heterocycles. The lowest BCUT2D eigenvalue weighted by Crippen LogP contribution is -2.39. The zero-order valence-electron chi connectivity index (χ0n) is 10.6. The second-order valence-electron chi connectivity index (χ2n) is 4.62. The summed E-state index contributed by atoms with van der Waals surface area (Å²) in [7, 11) is 1.56. The molecule has 0 aliphatic heterocycles. The van der Waals surface area contributed by atoms with E-state index in [9.17, 15) is 9.90 Å². The Morgan fingerprint density at radius 3 is 2.82 bits per heavy atom. The molecule has 100 valence electrons. The van der Waals surface area contributed by atoms with E-state index in [0.29, 0.717) is 32.2 Å². The van der Waals surface area contributed by atoms with Crippen LogP contribution in [0.4, 0.5) is 0 Å². The molecular weight excluding hydrogens is 220 g/mol. The fourth-order valence-electron chi connectivity index (χ4n) is 2.10. The number of ether oxygens (including phenoxy) is 1. The Balaban J connectivity index is 1.96. The van der Waals surface area contributed by atoms with Crippen LogP contribution < -0.4 is 10.6 Å². The van der Waals surface area contributed by atoms with E-state index < -0.39 is 6.10 Å². The molecule has 3 N–H and O–H groups in total. The summed E-state index contributed by atoms with van der Waals surface area (Å²) in [5, 5.41) is 15.4. The van der Waals surface area contributed by atoms with Crippen molar-refractivity contribution in [1.82, 2.24) is 10.6 Å². The maximum absolute atomic E-state index is 11.5. The average Bonchev–Trinajstić information content (AvgIpc) is 2.77. The largest absolute Gasteiger partial charge is 0.391 e. The topological polar surface area (TPSA) is 70.6 Å². The summed E-state index contributed by atoms with van der Waals surface area (Å²) in [6.07, 6.45) is 4.81. The predicted molar refractivity (Wildman–Crippen MR) is 65.8 cm³/mol. The van der Waals surface area contributed by atoms with Crippen molar-refractivity contribution in [3.8, 4) is 0 Å². The van der Waals surface area contributed by atoms with Crippen LogP contribution in [0.3, 0.4) is 0 Å². The minimum Gasteiger partial charge on any atom is -0.391 e. The molecule has 17 heavy (non-hydrogen) atoms. The van der Waals surface area contributed by atoms with Gasteiger partial charge in [-0.2, -0.15) is 0 Å². The third-order valence-corrected chi connectivity index (χ3v) is 3.02. The van der Waals surface area contributed by atoms with Crippen LogP contribution >= 0.6 is 0 Å². The first-order chi connectivity index (χ1) is 8.22. The lowest BCUT2D eigenvalue weighted by molar-refractivity contribution is -0.120. The summed E-state index contributed by atoms with van der Waals surface area (Å²) in [5.74, 6) is 0.0538. The van der Waals surface area contributed by atoms with Crippen LogP contribution in [0.25, 0.3) is 0 Å². The first-order valence-corrected chi connectivity index (χ1v) is 6.39. The van der Waals surface area contributed by atoms with Gasteiger partial charge in [-0.3, -0.25) is 4.79 Å². The van der Waals surface area contributed by atoms with Gasteiger partial charge in [0.25, 0.3) is 0 Å². The molecule has 1 aliphatic carbocycles. The van der Waals surface area contributed by atoms with Crippen molar-refractivity contribution < 1.29 is 14.6 Å². The first-order valence-electron chi connectivity index (χ1n) is 6.39. The molecule has 1 unspecified atom stereocenters. The molecule has 5 heteroatoms. The number of hydrogen-bond donors (Lipinski definition) is 3. The minimum atomic E-state index is -0.453. The molecule has 0 aromatic heterocycles. The molecule has 1 aliphatic rings. The van der Waals surface area contributed by atoms with Gasteiger partial charge in [-0.1, -0.05) is 12.8 Å². The van der Waals surface area contributed by atoms with Gasteiger partial charge >= 0.3 is 0 Å². The van der Waals surface area contributed by atoms with E-state index in [1.807, 2.05) is 0 Å². The van der Waals surface area contributed by atoms with Crippen LogP contribution in [-0.4, -0.2) is 50.0 Å². The minimum absolute atomic E-state index is 0.0538. The second-order valence-corrected chi connectivity index (χ2v) is 4.62. The highest BCUT2D eigenvalue weighted by molar-refractivity contribution is 5.78. The van der Waals surface area contributed by atoms with Gasteiger partial charge in [0.15, 0.2) is 0 Å². The highest BCUT2D eigenvalue weighted by Gasteiger charge is 2.16. The summed E-state index contributed by atoms with van der Waals surface area (Å²) < 4.78 is 4.81. The number of nitrogens with one attached hydrogen (secondary N) is 2. The Morgan fingerprint density at radius 2 is 2.18 bits per heavy atom. The molecule has 1 atom stereocenters. The molecule has 0 radical (unpaired) electrons. The van der Waals surface area contributed by atoms with E-state index in [1.165, 1.54) is 12.8 Å². The van der Waals surface area contributed by atoms with Crippen LogP contribution in [0.15, 0.2) is 0 Å². The van der Waals surface area contributed by atoms with Crippen LogP contribution in [-0.2, 0) is 9.53 Å². The number of aliphatic hydroxyl groups excluding tert-OH is 1. The highest BCUT2D eigenvalue weighted by atomic mass is 16.5. The Hall–Kier alpha value is -0.650. The van der Waals surface area contributed by atoms with Crippen molar-refractivity contribution in [3.63, 3.8) is 0 Å². The molecule has 0 aromatic carbocycles. The molecule has 0 heterocycles. The lowest BCUT2D eigenvalue weighted by atomic mass is 10.2. The zero-order valence-corrected chi connectivity index (χ0v) is 10.6. The number of carbonyl (C=O) groups excluding carboxylic acids is 1. The summed E-state index contributed by atoms with van der Waals surface area (Å²) in [5.41, 5.74) is 0. The van der Waals surface area contributed by atoms with Gasteiger partial charge in [0, 0.05) is 13.2 Å². The van der Waals surface area contributed by atoms with Gasteiger partial charge in [0.05, 0.1) is 19.3 Å². The maximum Gasteiger partial charge on any atom is 0.234 e. The molecule has 0 aromatic rings. The van der Waals surface area contributed by atoms with Crippen molar-refractivity contribution in [2.75, 3.05) is 26.8 Å². The molecule has 0 bridgehead atoms. The van der Waals surface area contributed by atoms with E-state index in [0.717, 1.165) is 12.8 Å². The summed E-state index contributed by atoms with van der Waals surface area (Å²) in [6.45, 7) is 1.30. The van der Waals surface area contributed by atoms with Gasteiger partial charge in [-0.15, -0.1) is 0 Å². The van der Waals surface area contributed by atoms with E-state index >= 15 is 0 Å². The predicted octanol–water partition coefficient (Wildman–Crippen LogP) is 0.0322. The van der Waals surface area contributed by atoms with Gasteiger partial charge in [0.1, 0.15) is 0 Å². The molecule has 0 spiro atoms. The molecule has 1 rings (SSSR count). The van der Waals surface area contributed by atoms with Gasteiger partial charge < -0.3 is 20.5 Å². The normalized spacial score (nSPS) is 18.2. The van der Waals surface area contributed by atoms with Crippen molar-refractivity contribution in [2.45, 2.75) is 44.2 Å². The number of aliphatic hydroxyl groups is 1. The molecular formula is C12H24N2O3. The van der Waals surface area contributed by atoms with E-state index in [2.05, 4.69) is 10.6 Å². The third kappa shape index (κ3) is 6.61. The van der Waals surface area contributed by atoms with Crippen LogP contribution in [0.1, 0.15) is 32.1 Å². The summed E-state index contributed by atoms with van der Waals surface area (Å²) in [6, 6.07) is 0.378.